The predicted octanol–water partition coefficient (Wildman–Crippen LogP) is 11.9. The first-order valence-corrected chi connectivity index (χ1v) is 15.4. The average Bonchev–Trinajstić information content (AvgIpc) is 3.74. The van der Waals surface area contributed by atoms with Gasteiger partial charge in [0.05, 0.1) is 11.9 Å². The molecule has 4 nitrogen and oxygen atoms in total. The molecule has 5 heteroatoms. The highest BCUT2D eigenvalue weighted by molar-refractivity contribution is 7.25. The number of benzene rings is 6. The molecule has 0 atom stereocenters. The molecule has 10 aromatic rings. The van der Waals surface area contributed by atoms with Crippen LogP contribution in [0.15, 0.2) is 143 Å². The summed E-state index contributed by atoms with van der Waals surface area (Å²) >= 11 is 1.82. The summed E-state index contributed by atoms with van der Waals surface area (Å²) in [6.07, 6.45) is 3.82. The van der Waals surface area contributed by atoms with E-state index in [0.29, 0.717) is 0 Å². The number of pyridine rings is 1. The van der Waals surface area contributed by atoms with Gasteiger partial charge in [-0.3, -0.25) is 4.98 Å². The topological polar surface area (TPSA) is 42.4 Å². The fraction of sp³-hybridized carbons (Fsp3) is 0. The van der Waals surface area contributed by atoms with Gasteiger partial charge in [0, 0.05) is 59.7 Å². The van der Waals surface area contributed by atoms with Gasteiger partial charge < -0.3 is 13.7 Å². The molecule has 0 aliphatic rings. The molecule has 44 heavy (non-hydrogen) atoms. The Kier molecular flexibility index (Phi) is 4.84. The largest absolute Gasteiger partial charge is 0.456 e. The smallest absolute Gasteiger partial charge is 0.162 e. The minimum Gasteiger partial charge on any atom is -0.456 e. The van der Waals surface area contributed by atoms with Crippen molar-refractivity contribution in [2.75, 3.05) is 4.90 Å². The minimum atomic E-state index is 0.797. The van der Waals surface area contributed by atoms with Gasteiger partial charge in [-0.25, -0.2) is 0 Å². The molecule has 4 heterocycles. The van der Waals surface area contributed by atoms with Gasteiger partial charge >= 0.3 is 0 Å². The van der Waals surface area contributed by atoms with Crippen molar-refractivity contribution >= 4 is 103 Å². The van der Waals surface area contributed by atoms with Gasteiger partial charge in [-0.05, 0) is 65.4 Å². The number of rotatable bonds is 3. The van der Waals surface area contributed by atoms with Gasteiger partial charge in [-0.1, -0.05) is 60.7 Å². The Bertz CT molecular complexity index is 2750. The molecule has 0 N–H and O–H groups in total. The van der Waals surface area contributed by atoms with E-state index in [1.807, 2.05) is 35.9 Å². The molecule has 0 aliphatic carbocycles. The highest BCUT2D eigenvalue weighted by Crippen LogP contribution is 2.45. The summed E-state index contributed by atoms with van der Waals surface area (Å²) < 4.78 is 15.6. The van der Waals surface area contributed by atoms with Gasteiger partial charge in [-0.2, -0.15) is 0 Å². The number of hydrogen-bond donors (Lipinski definition) is 0. The molecule has 0 aliphatic heterocycles. The zero-order valence-corrected chi connectivity index (χ0v) is 24.1. The molecular weight excluding hydrogens is 561 g/mol. The van der Waals surface area contributed by atoms with Crippen LogP contribution in [0.25, 0.3) is 74.8 Å². The Labute approximate surface area is 255 Å². The van der Waals surface area contributed by atoms with Gasteiger partial charge in [-0.15, -0.1) is 11.3 Å². The summed E-state index contributed by atoms with van der Waals surface area (Å²) in [5.74, 6) is 0. The predicted molar refractivity (Wildman–Crippen MR) is 184 cm³/mol. The molecule has 10 rings (SSSR count). The van der Waals surface area contributed by atoms with Crippen molar-refractivity contribution in [3.63, 3.8) is 0 Å². The molecule has 0 saturated carbocycles. The fourth-order valence-electron chi connectivity index (χ4n) is 6.65. The number of furan rings is 2. The van der Waals surface area contributed by atoms with E-state index in [4.69, 9.17) is 13.8 Å². The van der Waals surface area contributed by atoms with Gasteiger partial charge in [0.1, 0.15) is 22.4 Å². The Morgan fingerprint density at radius 3 is 2.11 bits per heavy atom. The normalized spacial score (nSPS) is 12.1. The van der Waals surface area contributed by atoms with Gasteiger partial charge in [0.15, 0.2) is 5.58 Å². The number of anilines is 3. The van der Waals surface area contributed by atoms with Crippen molar-refractivity contribution in [2.45, 2.75) is 0 Å². The Balaban J connectivity index is 1.27. The lowest BCUT2D eigenvalue weighted by atomic mass is 10.1. The summed E-state index contributed by atoms with van der Waals surface area (Å²) in [5.41, 5.74) is 6.23. The molecule has 0 saturated heterocycles. The molecule has 6 aromatic carbocycles. The van der Waals surface area contributed by atoms with Crippen LogP contribution in [0.4, 0.5) is 17.1 Å². The number of para-hydroxylation sites is 1. The van der Waals surface area contributed by atoms with E-state index in [1.165, 1.54) is 25.6 Å². The second kappa shape index (κ2) is 8.93. The number of fused-ring (bicyclic) bond motifs is 10. The van der Waals surface area contributed by atoms with Crippen molar-refractivity contribution in [1.29, 1.82) is 0 Å². The average molecular weight is 583 g/mol. The number of hydrogen-bond acceptors (Lipinski definition) is 5. The third-order valence-corrected chi connectivity index (χ3v) is 9.86. The molecule has 206 valence electrons. The summed E-state index contributed by atoms with van der Waals surface area (Å²) in [6.45, 7) is 0. The standard InChI is InChI=1S/C39H22N2O2S/c1-2-8-24-18-35-30(17-23(24)7-1)32-21-40-22-33(39(32)43-35)41(25-14-16-38-31(19-25)29-10-4-6-12-37(29)44-38)26-13-15-28-27-9-3-5-11-34(27)42-36(28)20-26/h1-22H. The Morgan fingerprint density at radius 2 is 1.18 bits per heavy atom. The molecule has 4 aromatic heterocycles. The van der Waals surface area contributed by atoms with Crippen LogP contribution in [-0.4, -0.2) is 4.98 Å². The highest BCUT2D eigenvalue weighted by atomic mass is 32.1. The third-order valence-electron chi connectivity index (χ3n) is 8.71. The lowest BCUT2D eigenvalue weighted by Gasteiger charge is -2.25. The Hall–Kier alpha value is -5.65. The number of nitrogens with zero attached hydrogens (tertiary/aromatic N) is 2. The fourth-order valence-corrected chi connectivity index (χ4v) is 7.74. The van der Waals surface area contributed by atoms with Crippen molar-refractivity contribution in [2.24, 2.45) is 0 Å². The molecule has 0 amide bonds. The maximum atomic E-state index is 6.69. The maximum Gasteiger partial charge on any atom is 0.162 e. The van der Waals surface area contributed by atoms with E-state index in [1.54, 1.807) is 0 Å². The molecular formula is C39H22N2O2S. The van der Waals surface area contributed by atoms with E-state index in [-0.39, 0.29) is 0 Å². The van der Waals surface area contributed by atoms with Crippen LogP contribution < -0.4 is 4.90 Å². The summed E-state index contributed by atoms with van der Waals surface area (Å²) in [5, 5.41) is 9.06. The molecule has 0 radical (unpaired) electrons. The quantitative estimate of drug-likeness (QED) is 0.208. The van der Waals surface area contributed by atoms with Crippen LogP contribution in [0, 0.1) is 0 Å². The Morgan fingerprint density at radius 1 is 0.477 bits per heavy atom. The first-order valence-electron chi connectivity index (χ1n) is 14.6. The zero-order chi connectivity index (χ0) is 28.8. The maximum absolute atomic E-state index is 6.69. The van der Waals surface area contributed by atoms with Gasteiger partial charge in [0.2, 0.25) is 0 Å². The van der Waals surface area contributed by atoms with Crippen LogP contribution in [0.5, 0.6) is 0 Å². The van der Waals surface area contributed by atoms with Crippen LogP contribution in [0.3, 0.4) is 0 Å². The number of thiophene rings is 1. The monoisotopic (exact) mass is 582 g/mol. The molecule has 0 unspecified atom stereocenters. The van der Waals surface area contributed by atoms with Gasteiger partial charge in [0.25, 0.3) is 0 Å². The lowest BCUT2D eigenvalue weighted by Crippen LogP contribution is -2.10. The minimum absolute atomic E-state index is 0.797. The molecule has 0 spiro atoms. The highest BCUT2D eigenvalue weighted by Gasteiger charge is 2.22. The van der Waals surface area contributed by atoms with Crippen molar-refractivity contribution in [3.8, 4) is 0 Å². The second-order valence-corrected chi connectivity index (χ2v) is 12.3. The van der Waals surface area contributed by atoms with Crippen LogP contribution in [0.1, 0.15) is 0 Å². The van der Waals surface area contributed by atoms with Crippen molar-refractivity contribution in [3.05, 3.63) is 134 Å². The number of aromatic nitrogens is 1. The van der Waals surface area contributed by atoms with Crippen molar-refractivity contribution < 1.29 is 8.83 Å². The van der Waals surface area contributed by atoms with Crippen LogP contribution in [-0.2, 0) is 0 Å². The van der Waals surface area contributed by atoms with Crippen LogP contribution in [0.2, 0.25) is 0 Å². The summed E-state index contributed by atoms with van der Waals surface area (Å²) in [4.78, 5) is 7.01. The van der Waals surface area contributed by atoms with Crippen LogP contribution >= 0.6 is 11.3 Å². The first-order chi connectivity index (χ1) is 21.8. The molecule has 0 bridgehead atoms. The first kappa shape index (κ1) is 23.9. The second-order valence-electron chi connectivity index (χ2n) is 11.2. The van der Waals surface area contributed by atoms with Crippen molar-refractivity contribution in [1.82, 2.24) is 4.98 Å². The van der Waals surface area contributed by atoms with E-state index in [0.717, 1.165) is 66.3 Å². The SMILES string of the molecule is c1ccc2cc3c(cc2c1)oc1c(N(c2ccc4c(c2)oc2ccccc24)c2ccc4sc5ccccc5c4c2)cncc13. The summed E-state index contributed by atoms with van der Waals surface area (Å²) in [6, 6.07) is 42.7. The van der Waals surface area contributed by atoms with E-state index in [9.17, 15) is 0 Å². The molecule has 0 fully saturated rings. The van der Waals surface area contributed by atoms with E-state index < -0.39 is 0 Å². The van der Waals surface area contributed by atoms with E-state index in [2.05, 4.69) is 114 Å². The lowest BCUT2D eigenvalue weighted by molar-refractivity contribution is 0.667. The summed E-state index contributed by atoms with van der Waals surface area (Å²) in [7, 11) is 0. The zero-order valence-electron chi connectivity index (χ0n) is 23.3. The van der Waals surface area contributed by atoms with E-state index >= 15 is 0 Å². The third kappa shape index (κ3) is 3.41.